The van der Waals surface area contributed by atoms with E-state index in [1.54, 1.807) is 21.1 Å². The first-order chi connectivity index (χ1) is 11.7. The number of benzene rings is 2. The van der Waals surface area contributed by atoms with Crippen LogP contribution in [-0.4, -0.2) is 33.1 Å². The molecule has 0 aromatic heterocycles. The minimum absolute atomic E-state index is 0.00992. The van der Waals surface area contributed by atoms with Gasteiger partial charge in [-0.25, -0.2) is 0 Å². The van der Waals surface area contributed by atoms with Crippen LogP contribution in [0.5, 0.6) is 11.5 Å². The first kappa shape index (κ1) is 16.5. The van der Waals surface area contributed by atoms with Gasteiger partial charge in [-0.3, -0.25) is 4.79 Å². The highest BCUT2D eigenvalue weighted by Crippen LogP contribution is 2.41. The molecule has 1 atom stereocenters. The number of ketones is 1. The lowest BCUT2D eigenvalue weighted by molar-refractivity contribution is 0.101. The third-order valence-corrected chi connectivity index (χ3v) is 4.64. The van der Waals surface area contributed by atoms with E-state index in [1.165, 1.54) is 5.56 Å². The molecule has 0 amide bonds. The van der Waals surface area contributed by atoms with Crippen LogP contribution < -0.4 is 14.8 Å². The van der Waals surface area contributed by atoms with Gasteiger partial charge in [0.1, 0.15) is 0 Å². The number of hydrogen-bond acceptors (Lipinski definition) is 4. The summed E-state index contributed by atoms with van der Waals surface area (Å²) >= 11 is 0. The first-order valence-corrected chi connectivity index (χ1v) is 8.21. The molecule has 0 fully saturated rings. The topological polar surface area (TPSA) is 47.6 Å². The van der Waals surface area contributed by atoms with Gasteiger partial charge in [0.15, 0.2) is 17.3 Å². The highest BCUT2D eigenvalue weighted by molar-refractivity contribution is 6.00. The third kappa shape index (κ3) is 2.89. The molecule has 126 valence electrons. The van der Waals surface area contributed by atoms with Crippen LogP contribution in [-0.2, 0) is 6.42 Å². The van der Waals surface area contributed by atoms with Crippen LogP contribution in [0.4, 0.5) is 0 Å². The Morgan fingerprint density at radius 1 is 1.17 bits per heavy atom. The molecule has 1 heterocycles. The summed E-state index contributed by atoms with van der Waals surface area (Å²) < 4.78 is 11.0. The maximum absolute atomic E-state index is 12.4. The van der Waals surface area contributed by atoms with Crippen LogP contribution in [0, 0.1) is 0 Å². The molecule has 0 saturated heterocycles. The molecular formula is C20H23NO3. The molecule has 4 heteroatoms. The minimum Gasteiger partial charge on any atom is -0.493 e. The zero-order valence-corrected chi connectivity index (χ0v) is 14.4. The molecular weight excluding hydrogens is 302 g/mol. The molecule has 1 aliphatic heterocycles. The van der Waals surface area contributed by atoms with E-state index >= 15 is 0 Å². The summed E-state index contributed by atoms with van der Waals surface area (Å²) in [4.78, 5) is 12.4. The molecule has 1 N–H and O–H groups in total. The molecule has 0 radical (unpaired) electrons. The second-order valence-corrected chi connectivity index (χ2v) is 6.03. The Morgan fingerprint density at radius 2 is 1.92 bits per heavy atom. The number of ether oxygens (including phenoxy) is 2. The van der Waals surface area contributed by atoms with Crippen LogP contribution in [0.2, 0.25) is 0 Å². The smallest absolute Gasteiger partial charge is 0.171 e. The van der Waals surface area contributed by atoms with Crippen molar-refractivity contribution < 1.29 is 14.3 Å². The predicted octanol–water partition coefficient (Wildman–Crippen LogP) is 3.18. The number of Topliss-reactive ketones (excluding diaryl/α,β-unsaturated/α-hetero) is 1. The lowest BCUT2D eigenvalue weighted by Gasteiger charge is -2.23. The summed E-state index contributed by atoms with van der Waals surface area (Å²) in [7, 11) is 3.20. The van der Waals surface area contributed by atoms with Gasteiger partial charge in [0.2, 0.25) is 0 Å². The van der Waals surface area contributed by atoms with Crippen molar-refractivity contribution in [3.05, 3.63) is 58.7 Å². The van der Waals surface area contributed by atoms with Crippen molar-refractivity contribution in [2.75, 3.05) is 27.3 Å². The lowest BCUT2D eigenvalue weighted by atomic mass is 9.84. The summed E-state index contributed by atoms with van der Waals surface area (Å²) in [5.74, 6) is 1.35. The number of fused-ring (bicyclic) bond motifs is 1. The highest BCUT2D eigenvalue weighted by Gasteiger charge is 2.28. The Morgan fingerprint density at radius 3 is 2.54 bits per heavy atom. The summed E-state index contributed by atoms with van der Waals surface area (Å²) in [5, 5.41) is 3.49. The van der Waals surface area contributed by atoms with Crippen LogP contribution in [0.3, 0.4) is 0 Å². The molecule has 1 aliphatic rings. The second-order valence-electron chi connectivity index (χ2n) is 6.03. The van der Waals surface area contributed by atoms with Gasteiger partial charge in [-0.1, -0.05) is 30.3 Å². The predicted molar refractivity (Wildman–Crippen MR) is 94.4 cm³/mol. The summed E-state index contributed by atoms with van der Waals surface area (Å²) in [6, 6.07) is 12.4. The van der Waals surface area contributed by atoms with E-state index in [0.29, 0.717) is 17.1 Å². The zero-order chi connectivity index (χ0) is 17.1. The zero-order valence-electron chi connectivity index (χ0n) is 14.4. The van der Waals surface area contributed by atoms with Crippen molar-refractivity contribution in [1.82, 2.24) is 5.32 Å². The average Bonchev–Trinajstić information content (AvgIpc) is 2.82. The number of hydrogen-bond donors (Lipinski definition) is 1. The standard InChI is InChI=1S/C20H23NO3/c1-13(22)19-15-9-10-21-12-17(14-7-5-4-6-8-14)16(15)11-18(23-2)20(19)24-3/h4-8,11,17,21H,9-10,12H2,1-3H3. The van der Waals surface area contributed by atoms with Gasteiger partial charge in [-0.05, 0) is 42.6 Å². The Hall–Kier alpha value is -2.33. The van der Waals surface area contributed by atoms with Gasteiger partial charge >= 0.3 is 0 Å². The Kier molecular flexibility index (Phi) is 4.86. The van der Waals surface area contributed by atoms with Crippen LogP contribution in [0.15, 0.2) is 36.4 Å². The quantitative estimate of drug-likeness (QED) is 0.877. The number of carbonyl (C=O) groups excluding carboxylic acids is 1. The van der Waals surface area contributed by atoms with Crippen molar-refractivity contribution in [3.8, 4) is 11.5 Å². The van der Waals surface area contributed by atoms with Crippen molar-refractivity contribution in [2.45, 2.75) is 19.3 Å². The molecule has 0 spiro atoms. The highest BCUT2D eigenvalue weighted by atomic mass is 16.5. The van der Waals surface area contributed by atoms with Gasteiger partial charge in [0.05, 0.1) is 19.8 Å². The largest absolute Gasteiger partial charge is 0.493 e. The van der Waals surface area contributed by atoms with Crippen LogP contribution >= 0.6 is 0 Å². The fraction of sp³-hybridized carbons (Fsp3) is 0.350. The van der Waals surface area contributed by atoms with Gasteiger partial charge in [0.25, 0.3) is 0 Å². The van der Waals surface area contributed by atoms with Gasteiger partial charge < -0.3 is 14.8 Å². The van der Waals surface area contributed by atoms with E-state index < -0.39 is 0 Å². The van der Waals surface area contributed by atoms with E-state index in [9.17, 15) is 4.79 Å². The molecule has 24 heavy (non-hydrogen) atoms. The third-order valence-electron chi connectivity index (χ3n) is 4.64. The molecule has 0 aliphatic carbocycles. The SMILES string of the molecule is COc1cc2c(c(C(C)=O)c1OC)CCNCC2c1ccccc1. The molecule has 3 rings (SSSR count). The number of carbonyl (C=O) groups is 1. The molecule has 2 aromatic carbocycles. The molecule has 4 nitrogen and oxygen atoms in total. The minimum atomic E-state index is 0.00992. The number of methoxy groups -OCH3 is 2. The Labute approximate surface area is 142 Å². The van der Waals surface area contributed by atoms with Crippen LogP contribution in [0.1, 0.15) is 39.9 Å². The van der Waals surface area contributed by atoms with Crippen LogP contribution in [0.25, 0.3) is 0 Å². The molecule has 0 bridgehead atoms. The molecule has 1 unspecified atom stereocenters. The molecule has 2 aromatic rings. The van der Waals surface area contributed by atoms with E-state index in [4.69, 9.17) is 9.47 Å². The van der Waals surface area contributed by atoms with Gasteiger partial charge in [-0.2, -0.15) is 0 Å². The monoisotopic (exact) mass is 325 g/mol. The number of rotatable bonds is 4. The Bertz CT molecular complexity index is 740. The summed E-state index contributed by atoms with van der Waals surface area (Å²) in [5.41, 5.74) is 4.10. The number of nitrogens with one attached hydrogen (secondary N) is 1. The van der Waals surface area contributed by atoms with E-state index in [0.717, 1.165) is 30.6 Å². The van der Waals surface area contributed by atoms with E-state index in [2.05, 4.69) is 17.4 Å². The second kappa shape index (κ2) is 7.05. The average molecular weight is 325 g/mol. The van der Waals surface area contributed by atoms with Crippen molar-refractivity contribution in [2.24, 2.45) is 0 Å². The maximum Gasteiger partial charge on any atom is 0.171 e. The normalized spacial score (nSPS) is 16.9. The fourth-order valence-electron chi connectivity index (χ4n) is 3.56. The summed E-state index contributed by atoms with van der Waals surface area (Å²) in [6.45, 7) is 3.27. The lowest BCUT2D eigenvalue weighted by Crippen LogP contribution is -2.20. The van der Waals surface area contributed by atoms with E-state index in [1.807, 2.05) is 24.3 Å². The van der Waals surface area contributed by atoms with Crippen molar-refractivity contribution in [1.29, 1.82) is 0 Å². The van der Waals surface area contributed by atoms with Gasteiger partial charge in [0, 0.05) is 12.5 Å². The molecule has 0 saturated carbocycles. The van der Waals surface area contributed by atoms with Gasteiger partial charge in [-0.15, -0.1) is 0 Å². The summed E-state index contributed by atoms with van der Waals surface area (Å²) in [6.07, 6.45) is 0.800. The maximum atomic E-state index is 12.4. The fourth-order valence-corrected chi connectivity index (χ4v) is 3.56. The van der Waals surface area contributed by atoms with E-state index in [-0.39, 0.29) is 11.7 Å². The van der Waals surface area contributed by atoms with Crippen molar-refractivity contribution in [3.63, 3.8) is 0 Å². The first-order valence-electron chi connectivity index (χ1n) is 8.21. The van der Waals surface area contributed by atoms with Crippen molar-refractivity contribution >= 4 is 5.78 Å². The Balaban J connectivity index is 2.26.